The summed E-state index contributed by atoms with van der Waals surface area (Å²) in [5, 5.41) is 8.96. The first kappa shape index (κ1) is 17.5. The number of benzene rings is 1. The van der Waals surface area contributed by atoms with Crippen LogP contribution < -0.4 is 4.74 Å². The normalized spacial score (nSPS) is 12.4. The van der Waals surface area contributed by atoms with Crippen molar-refractivity contribution >= 4 is 5.97 Å². The van der Waals surface area contributed by atoms with Crippen molar-refractivity contribution in [2.75, 3.05) is 19.7 Å². The van der Waals surface area contributed by atoms with Gasteiger partial charge in [-0.05, 0) is 44.5 Å². The van der Waals surface area contributed by atoms with Crippen molar-refractivity contribution in [2.24, 2.45) is 0 Å². The van der Waals surface area contributed by atoms with E-state index < -0.39 is 5.97 Å². The Balaban J connectivity index is 2.49. The average molecular weight is 293 g/mol. The Morgan fingerprint density at radius 1 is 1.33 bits per heavy atom. The van der Waals surface area contributed by atoms with E-state index >= 15 is 0 Å². The predicted octanol–water partition coefficient (Wildman–Crippen LogP) is 3.66. The van der Waals surface area contributed by atoms with E-state index in [2.05, 4.69) is 25.7 Å². The summed E-state index contributed by atoms with van der Waals surface area (Å²) in [7, 11) is 0. The SMILES string of the molecule is CCCCN(CCOc1cccc(C(=O)O)c1)C(C)CC. The molecule has 4 heteroatoms. The molecule has 0 aliphatic heterocycles. The van der Waals surface area contributed by atoms with Crippen molar-refractivity contribution in [1.29, 1.82) is 0 Å². The van der Waals surface area contributed by atoms with Crippen LogP contribution in [0.15, 0.2) is 24.3 Å². The Morgan fingerprint density at radius 3 is 2.71 bits per heavy atom. The van der Waals surface area contributed by atoms with Crippen molar-refractivity contribution in [2.45, 2.75) is 46.1 Å². The van der Waals surface area contributed by atoms with Crippen molar-refractivity contribution in [3.8, 4) is 5.75 Å². The van der Waals surface area contributed by atoms with Crippen LogP contribution >= 0.6 is 0 Å². The first-order valence-corrected chi connectivity index (χ1v) is 7.78. The molecule has 118 valence electrons. The van der Waals surface area contributed by atoms with E-state index in [0.29, 0.717) is 18.4 Å². The molecular formula is C17H27NO3. The minimum absolute atomic E-state index is 0.261. The van der Waals surface area contributed by atoms with E-state index in [1.165, 1.54) is 12.8 Å². The monoisotopic (exact) mass is 293 g/mol. The fourth-order valence-electron chi connectivity index (χ4n) is 2.17. The third-order valence-electron chi connectivity index (χ3n) is 3.74. The molecule has 0 saturated carbocycles. The summed E-state index contributed by atoms with van der Waals surface area (Å²) in [6.07, 6.45) is 3.51. The van der Waals surface area contributed by atoms with Gasteiger partial charge in [0, 0.05) is 12.6 Å². The molecule has 0 bridgehead atoms. The highest BCUT2D eigenvalue weighted by Crippen LogP contribution is 2.14. The van der Waals surface area contributed by atoms with Gasteiger partial charge in [-0.2, -0.15) is 0 Å². The number of rotatable bonds is 10. The molecule has 0 radical (unpaired) electrons. The third-order valence-corrected chi connectivity index (χ3v) is 3.74. The molecule has 0 saturated heterocycles. The lowest BCUT2D eigenvalue weighted by Gasteiger charge is -2.28. The Kier molecular flexibility index (Phi) is 7.83. The molecule has 1 aromatic rings. The van der Waals surface area contributed by atoms with Gasteiger partial charge in [-0.15, -0.1) is 0 Å². The maximum absolute atomic E-state index is 10.9. The lowest BCUT2D eigenvalue weighted by atomic mass is 10.2. The van der Waals surface area contributed by atoms with Gasteiger partial charge >= 0.3 is 5.97 Å². The third kappa shape index (κ3) is 6.17. The summed E-state index contributed by atoms with van der Waals surface area (Å²) in [5.41, 5.74) is 0.261. The van der Waals surface area contributed by atoms with Gasteiger partial charge in [0.15, 0.2) is 0 Å². The van der Waals surface area contributed by atoms with E-state index in [-0.39, 0.29) is 5.56 Å². The molecule has 0 heterocycles. The van der Waals surface area contributed by atoms with Crippen LogP contribution in [0.25, 0.3) is 0 Å². The van der Waals surface area contributed by atoms with Gasteiger partial charge in [0.1, 0.15) is 12.4 Å². The zero-order chi connectivity index (χ0) is 15.7. The Bertz CT molecular complexity index is 434. The maximum atomic E-state index is 10.9. The maximum Gasteiger partial charge on any atom is 0.335 e. The highest BCUT2D eigenvalue weighted by Gasteiger charge is 2.11. The largest absolute Gasteiger partial charge is 0.492 e. The summed E-state index contributed by atoms with van der Waals surface area (Å²) in [6, 6.07) is 7.20. The molecule has 0 aromatic heterocycles. The quantitative estimate of drug-likeness (QED) is 0.715. The van der Waals surface area contributed by atoms with Crippen LogP contribution in [0.5, 0.6) is 5.75 Å². The van der Waals surface area contributed by atoms with Crippen LogP contribution in [-0.2, 0) is 0 Å². The number of aromatic carboxylic acids is 1. The Morgan fingerprint density at radius 2 is 2.10 bits per heavy atom. The summed E-state index contributed by atoms with van der Waals surface area (Å²) in [6.45, 7) is 9.16. The molecule has 4 nitrogen and oxygen atoms in total. The number of ether oxygens (including phenoxy) is 1. The lowest BCUT2D eigenvalue weighted by Crippen LogP contribution is -2.36. The molecule has 1 rings (SSSR count). The smallest absolute Gasteiger partial charge is 0.335 e. The van der Waals surface area contributed by atoms with Crippen LogP contribution in [0, 0.1) is 0 Å². The number of hydrogen-bond acceptors (Lipinski definition) is 3. The summed E-state index contributed by atoms with van der Waals surface area (Å²) < 4.78 is 5.70. The summed E-state index contributed by atoms with van der Waals surface area (Å²) in [5.74, 6) is -0.306. The van der Waals surface area contributed by atoms with Crippen LogP contribution in [0.3, 0.4) is 0 Å². The minimum Gasteiger partial charge on any atom is -0.492 e. The zero-order valence-electron chi connectivity index (χ0n) is 13.3. The van der Waals surface area contributed by atoms with E-state index in [0.717, 1.165) is 19.5 Å². The van der Waals surface area contributed by atoms with Crippen LogP contribution in [0.4, 0.5) is 0 Å². The number of carbonyl (C=O) groups is 1. The van der Waals surface area contributed by atoms with Gasteiger partial charge in [-0.3, -0.25) is 4.90 Å². The van der Waals surface area contributed by atoms with E-state index in [4.69, 9.17) is 9.84 Å². The lowest BCUT2D eigenvalue weighted by molar-refractivity contribution is 0.0696. The van der Waals surface area contributed by atoms with Gasteiger partial charge < -0.3 is 9.84 Å². The highest BCUT2D eigenvalue weighted by atomic mass is 16.5. The Hall–Kier alpha value is -1.55. The van der Waals surface area contributed by atoms with Crippen molar-refractivity contribution in [1.82, 2.24) is 4.90 Å². The number of carboxylic acids is 1. The molecule has 21 heavy (non-hydrogen) atoms. The zero-order valence-corrected chi connectivity index (χ0v) is 13.3. The van der Waals surface area contributed by atoms with Crippen molar-refractivity contribution in [3.05, 3.63) is 29.8 Å². The van der Waals surface area contributed by atoms with Crippen LogP contribution in [0.1, 0.15) is 50.4 Å². The van der Waals surface area contributed by atoms with Crippen LogP contribution in [-0.4, -0.2) is 41.7 Å². The molecule has 0 spiro atoms. The molecule has 1 aromatic carbocycles. The summed E-state index contributed by atoms with van der Waals surface area (Å²) in [4.78, 5) is 13.4. The van der Waals surface area contributed by atoms with Crippen LogP contribution in [0.2, 0.25) is 0 Å². The molecule has 1 unspecified atom stereocenters. The van der Waals surface area contributed by atoms with Gasteiger partial charge in [-0.1, -0.05) is 26.3 Å². The first-order valence-electron chi connectivity index (χ1n) is 7.78. The second-order valence-corrected chi connectivity index (χ2v) is 5.33. The number of nitrogens with zero attached hydrogens (tertiary/aromatic N) is 1. The second kappa shape index (κ2) is 9.40. The first-order chi connectivity index (χ1) is 10.1. The molecule has 1 atom stereocenters. The molecule has 1 N–H and O–H groups in total. The van der Waals surface area contributed by atoms with Gasteiger partial charge in [0.25, 0.3) is 0 Å². The molecule has 0 amide bonds. The van der Waals surface area contributed by atoms with E-state index in [9.17, 15) is 4.79 Å². The van der Waals surface area contributed by atoms with Gasteiger partial charge in [-0.25, -0.2) is 4.79 Å². The number of carboxylic acid groups (broad SMARTS) is 1. The summed E-state index contributed by atoms with van der Waals surface area (Å²) >= 11 is 0. The second-order valence-electron chi connectivity index (χ2n) is 5.33. The fourth-order valence-corrected chi connectivity index (χ4v) is 2.17. The van der Waals surface area contributed by atoms with Gasteiger partial charge in [0.05, 0.1) is 5.56 Å². The molecule has 0 aliphatic carbocycles. The minimum atomic E-state index is -0.926. The number of hydrogen-bond donors (Lipinski definition) is 1. The highest BCUT2D eigenvalue weighted by molar-refractivity contribution is 5.87. The Labute approximate surface area is 127 Å². The van der Waals surface area contributed by atoms with Crippen molar-refractivity contribution < 1.29 is 14.6 Å². The molecule has 0 aliphatic rings. The van der Waals surface area contributed by atoms with E-state index in [1.54, 1.807) is 24.3 Å². The van der Waals surface area contributed by atoms with Gasteiger partial charge in [0.2, 0.25) is 0 Å². The predicted molar refractivity (Wildman–Crippen MR) is 85.1 cm³/mol. The van der Waals surface area contributed by atoms with E-state index in [1.807, 2.05) is 0 Å². The molecular weight excluding hydrogens is 266 g/mol. The topological polar surface area (TPSA) is 49.8 Å². The standard InChI is InChI=1S/C17H27NO3/c1-4-6-10-18(14(3)5-2)11-12-21-16-9-7-8-15(13-16)17(19)20/h7-9,13-14H,4-6,10-12H2,1-3H3,(H,19,20). The molecule has 0 fully saturated rings. The average Bonchev–Trinajstić information content (AvgIpc) is 2.50. The number of unbranched alkanes of at least 4 members (excludes halogenated alkanes) is 1. The fraction of sp³-hybridized carbons (Fsp3) is 0.588. The van der Waals surface area contributed by atoms with Crippen molar-refractivity contribution in [3.63, 3.8) is 0 Å².